The van der Waals surface area contributed by atoms with Gasteiger partial charge in [-0.2, -0.15) is 0 Å². The number of hydrogen-bond acceptors (Lipinski definition) is 0. The molecule has 1 fully saturated rings. The van der Waals surface area contributed by atoms with E-state index < -0.39 is 0 Å². The second-order valence-electron chi connectivity index (χ2n) is 7.29. The third kappa shape index (κ3) is 2.21. The molecule has 1 saturated carbocycles. The number of benzene rings is 2. The highest BCUT2D eigenvalue weighted by Gasteiger charge is 2.61. The first-order chi connectivity index (χ1) is 11.0. The van der Waals surface area contributed by atoms with Crippen LogP contribution >= 0.6 is 31.9 Å². The molecule has 0 unspecified atom stereocenters. The van der Waals surface area contributed by atoms with Crippen molar-refractivity contribution in [1.29, 1.82) is 0 Å². The van der Waals surface area contributed by atoms with Gasteiger partial charge in [0.2, 0.25) is 0 Å². The minimum atomic E-state index is 0.225. The molecule has 0 spiro atoms. The van der Waals surface area contributed by atoms with Crippen molar-refractivity contribution >= 4 is 37.4 Å². The van der Waals surface area contributed by atoms with E-state index in [1.807, 2.05) is 0 Å². The lowest BCUT2D eigenvalue weighted by Crippen LogP contribution is -2.30. The summed E-state index contributed by atoms with van der Waals surface area (Å²) in [7, 11) is 0. The molecule has 2 aromatic carbocycles. The first-order valence-electron chi connectivity index (χ1n) is 8.17. The monoisotopic (exact) mass is 430 g/mol. The summed E-state index contributed by atoms with van der Waals surface area (Å²) >= 11 is 8.03. The molecule has 4 rings (SSSR count). The van der Waals surface area contributed by atoms with E-state index in [9.17, 15) is 0 Å². The van der Waals surface area contributed by atoms with E-state index in [1.165, 1.54) is 21.2 Å². The van der Waals surface area contributed by atoms with E-state index in [-0.39, 0.29) is 5.41 Å². The van der Waals surface area contributed by atoms with Crippen LogP contribution in [-0.2, 0) is 0 Å². The van der Waals surface area contributed by atoms with Crippen molar-refractivity contribution in [2.45, 2.75) is 24.6 Å². The third-order valence-corrected chi connectivity index (χ3v) is 7.78. The van der Waals surface area contributed by atoms with Gasteiger partial charge in [0, 0.05) is 21.1 Å². The van der Waals surface area contributed by atoms with Gasteiger partial charge >= 0.3 is 0 Å². The van der Waals surface area contributed by atoms with E-state index in [0.717, 1.165) is 0 Å². The van der Waals surface area contributed by atoms with Crippen molar-refractivity contribution in [2.75, 3.05) is 0 Å². The Morgan fingerprint density at radius 3 is 2.00 bits per heavy atom. The Balaban J connectivity index is 1.87. The number of halogens is 2. The van der Waals surface area contributed by atoms with Crippen LogP contribution in [0.5, 0.6) is 0 Å². The lowest BCUT2D eigenvalue weighted by atomic mass is 9.65. The standard InChI is InChI=1S/C21H20Br2/c1-21(2)17(14-11-7-4-8-12-14)16-19(22)15(18(21)20(16)23)13-9-5-3-6-10-13/h3-12,16-18,20H,1-2H3/t16-,17-,18-,20-/m0/s1. The Bertz CT molecular complexity index is 746. The summed E-state index contributed by atoms with van der Waals surface area (Å²) in [6.45, 7) is 4.87. The van der Waals surface area contributed by atoms with Crippen LogP contribution in [0, 0.1) is 17.3 Å². The van der Waals surface area contributed by atoms with Gasteiger partial charge < -0.3 is 0 Å². The smallest absolute Gasteiger partial charge is 0.0300 e. The van der Waals surface area contributed by atoms with Gasteiger partial charge in [0.25, 0.3) is 0 Å². The van der Waals surface area contributed by atoms with Crippen molar-refractivity contribution in [1.82, 2.24) is 0 Å². The molecule has 4 atom stereocenters. The van der Waals surface area contributed by atoms with Crippen LogP contribution in [0.25, 0.3) is 5.57 Å². The Morgan fingerprint density at radius 2 is 1.39 bits per heavy atom. The molecule has 0 nitrogen and oxygen atoms in total. The zero-order valence-electron chi connectivity index (χ0n) is 13.3. The van der Waals surface area contributed by atoms with E-state index in [2.05, 4.69) is 106 Å². The summed E-state index contributed by atoms with van der Waals surface area (Å²) in [5, 5.41) is 0. The fourth-order valence-electron chi connectivity index (χ4n) is 4.84. The summed E-state index contributed by atoms with van der Waals surface area (Å²) in [4.78, 5) is 0.493. The highest BCUT2D eigenvalue weighted by Crippen LogP contribution is 2.70. The lowest BCUT2D eigenvalue weighted by molar-refractivity contribution is 0.263. The number of rotatable bonds is 2. The molecular formula is C21H20Br2. The Hall–Kier alpha value is -0.860. The maximum absolute atomic E-state index is 4.05. The van der Waals surface area contributed by atoms with Gasteiger partial charge in [0.15, 0.2) is 0 Å². The molecule has 0 saturated heterocycles. The van der Waals surface area contributed by atoms with Gasteiger partial charge in [-0.15, -0.1) is 0 Å². The Labute approximate surface area is 155 Å². The van der Waals surface area contributed by atoms with Gasteiger partial charge in [-0.25, -0.2) is 0 Å². The van der Waals surface area contributed by atoms with E-state index in [0.29, 0.717) is 22.6 Å². The zero-order valence-corrected chi connectivity index (χ0v) is 16.5. The van der Waals surface area contributed by atoms with Gasteiger partial charge in [-0.05, 0) is 28.0 Å². The minimum Gasteiger partial charge on any atom is -0.0877 e. The molecule has 0 aliphatic heterocycles. The maximum Gasteiger partial charge on any atom is 0.0300 e. The zero-order chi connectivity index (χ0) is 16.2. The number of alkyl halides is 1. The van der Waals surface area contributed by atoms with Crippen LogP contribution < -0.4 is 0 Å². The van der Waals surface area contributed by atoms with Gasteiger partial charge in [0.05, 0.1) is 0 Å². The first kappa shape index (κ1) is 15.7. The molecule has 2 aromatic rings. The van der Waals surface area contributed by atoms with Crippen molar-refractivity contribution in [2.24, 2.45) is 17.3 Å². The fourth-order valence-corrected chi connectivity index (χ4v) is 7.73. The van der Waals surface area contributed by atoms with Crippen LogP contribution in [-0.4, -0.2) is 4.83 Å². The molecule has 2 bridgehead atoms. The molecule has 0 radical (unpaired) electrons. The maximum atomic E-state index is 4.05. The molecule has 2 heteroatoms. The fraction of sp³-hybridized carbons (Fsp3) is 0.333. The minimum absolute atomic E-state index is 0.225. The molecule has 0 N–H and O–H groups in total. The van der Waals surface area contributed by atoms with Crippen LogP contribution in [0.1, 0.15) is 30.9 Å². The molecule has 0 aromatic heterocycles. The molecule has 2 aliphatic rings. The second-order valence-corrected chi connectivity index (χ2v) is 9.20. The summed E-state index contributed by atoms with van der Waals surface area (Å²) < 4.78 is 1.39. The molecule has 23 heavy (non-hydrogen) atoms. The molecule has 118 valence electrons. The van der Waals surface area contributed by atoms with E-state index in [4.69, 9.17) is 0 Å². The van der Waals surface area contributed by atoms with Crippen LogP contribution in [0.3, 0.4) is 0 Å². The highest BCUT2D eigenvalue weighted by molar-refractivity contribution is 9.12. The number of fused-ring (bicyclic) bond motifs is 2. The average molecular weight is 432 g/mol. The highest BCUT2D eigenvalue weighted by atomic mass is 79.9. The second kappa shape index (κ2) is 5.60. The molecule has 0 heterocycles. The molecular weight excluding hydrogens is 412 g/mol. The quantitative estimate of drug-likeness (QED) is 0.468. The Morgan fingerprint density at radius 1 is 0.826 bits per heavy atom. The number of hydrogen-bond donors (Lipinski definition) is 0. The topological polar surface area (TPSA) is 0 Å². The van der Waals surface area contributed by atoms with E-state index in [1.54, 1.807) is 0 Å². The number of allylic oxidation sites excluding steroid dienone is 2. The Kier molecular flexibility index (Phi) is 3.81. The lowest BCUT2D eigenvalue weighted by Gasteiger charge is -2.40. The van der Waals surface area contributed by atoms with Crippen LogP contribution in [0.4, 0.5) is 0 Å². The van der Waals surface area contributed by atoms with Crippen molar-refractivity contribution in [3.8, 4) is 0 Å². The largest absolute Gasteiger partial charge is 0.0877 e. The van der Waals surface area contributed by atoms with Crippen molar-refractivity contribution in [3.05, 3.63) is 76.3 Å². The third-order valence-electron chi connectivity index (χ3n) is 5.73. The molecule has 0 amide bonds. The van der Waals surface area contributed by atoms with Crippen molar-refractivity contribution in [3.63, 3.8) is 0 Å². The predicted molar refractivity (Wildman–Crippen MR) is 105 cm³/mol. The van der Waals surface area contributed by atoms with Gasteiger partial charge in [-0.3, -0.25) is 0 Å². The summed E-state index contributed by atoms with van der Waals surface area (Å²) in [5.41, 5.74) is 4.53. The summed E-state index contributed by atoms with van der Waals surface area (Å²) in [5.74, 6) is 1.57. The van der Waals surface area contributed by atoms with Crippen LogP contribution in [0.15, 0.2) is 65.1 Å². The van der Waals surface area contributed by atoms with Crippen LogP contribution in [0.2, 0.25) is 0 Å². The first-order valence-corrected chi connectivity index (χ1v) is 9.88. The SMILES string of the molecule is CC1(C)[C@H]2C(c3ccccc3)=C(Br)[C@@H]([C@@H]2Br)[C@@H]1c1ccccc1. The van der Waals surface area contributed by atoms with Gasteiger partial charge in [0.1, 0.15) is 0 Å². The summed E-state index contributed by atoms with van der Waals surface area (Å²) in [6, 6.07) is 21.9. The summed E-state index contributed by atoms with van der Waals surface area (Å²) in [6.07, 6.45) is 0. The normalized spacial score (nSPS) is 31.7. The predicted octanol–water partition coefficient (Wildman–Crippen LogP) is 6.63. The average Bonchev–Trinajstić information content (AvgIpc) is 2.93. The van der Waals surface area contributed by atoms with Gasteiger partial charge in [-0.1, -0.05) is 106 Å². The molecule has 2 aliphatic carbocycles. The van der Waals surface area contributed by atoms with Crippen molar-refractivity contribution < 1.29 is 0 Å². The van der Waals surface area contributed by atoms with E-state index >= 15 is 0 Å².